The van der Waals surface area contributed by atoms with E-state index < -0.39 is 5.97 Å². The fourth-order valence-corrected chi connectivity index (χ4v) is 5.15. The maximum Gasteiger partial charge on any atom is 0.306 e. The van der Waals surface area contributed by atoms with E-state index in [0.717, 1.165) is 49.7 Å². The van der Waals surface area contributed by atoms with Gasteiger partial charge < -0.3 is 14.7 Å². The molecule has 1 aromatic heterocycles. The molecule has 1 N–H and O–H groups in total. The summed E-state index contributed by atoms with van der Waals surface area (Å²) in [6, 6.07) is 16.2. The Hall–Kier alpha value is -2.99. The standard InChI is InChI=1S/C28H33FN2O3/c1-34-23-12-13-27-25(18-23)24(26(29)19-30-27)11-5-10-22-17-21(28(32)33)14-16-31(22)15-6-9-20-7-3-2-4-8-20/h2-4,7-8,12-13,18-19,21-22H,5-6,9-11,14-17H2,1H3,(H,32,33). The van der Waals surface area contributed by atoms with E-state index in [1.54, 1.807) is 7.11 Å². The second kappa shape index (κ2) is 11.4. The van der Waals surface area contributed by atoms with Crippen LogP contribution in [0, 0.1) is 11.7 Å². The summed E-state index contributed by atoms with van der Waals surface area (Å²) in [6.07, 6.45) is 6.94. The van der Waals surface area contributed by atoms with Gasteiger partial charge >= 0.3 is 5.97 Å². The lowest BCUT2D eigenvalue weighted by Gasteiger charge is -2.38. The normalized spacial score (nSPS) is 18.8. The van der Waals surface area contributed by atoms with Gasteiger partial charge in [-0.2, -0.15) is 0 Å². The van der Waals surface area contributed by atoms with Gasteiger partial charge in [0.1, 0.15) is 11.6 Å². The SMILES string of the molecule is COc1ccc2ncc(F)c(CCCC3CC(C(=O)O)CCN3CCCc3ccccc3)c2c1. The van der Waals surface area contributed by atoms with E-state index in [2.05, 4.69) is 34.1 Å². The fourth-order valence-electron chi connectivity index (χ4n) is 5.15. The number of benzene rings is 2. The van der Waals surface area contributed by atoms with E-state index in [4.69, 9.17) is 4.74 Å². The molecule has 1 fully saturated rings. The highest BCUT2D eigenvalue weighted by Crippen LogP contribution is 2.29. The number of aryl methyl sites for hydroxylation is 2. The van der Waals surface area contributed by atoms with Crippen molar-refractivity contribution in [2.45, 2.75) is 51.0 Å². The quantitative estimate of drug-likeness (QED) is 0.429. The summed E-state index contributed by atoms with van der Waals surface area (Å²) >= 11 is 0. The molecule has 0 bridgehead atoms. The highest BCUT2D eigenvalue weighted by Gasteiger charge is 2.31. The molecule has 1 saturated heterocycles. The van der Waals surface area contributed by atoms with Crippen LogP contribution in [0.4, 0.5) is 4.39 Å². The van der Waals surface area contributed by atoms with Crippen molar-refractivity contribution in [1.82, 2.24) is 9.88 Å². The van der Waals surface area contributed by atoms with Gasteiger partial charge in [-0.25, -0.2) is 4.39 Å². The van der Waals surface area contributed by atoms with Crippen LogP contribution in [0.25, 0.3) is 10.9 Å². The van der Waals surface area contributed by atoms with Crippen molar-refractivity contribution in [3.8, 4) is 5.75 Å². The van der Waals surface area contributed by atoms with Crippen LogP contribution in [-0.4, -0.2) is 47.2 Å². The van der Waals surface area contributed by atoms with Crippen molar-refractivity contribution in [3.63, 3.8) is 0 Å². The van der Waals surface area contributed by atoms with Crippen LogP contribution >= 0.6 is 0 Å². The fraction of sp³-hybridized carbons (Fsp3) is 0.429. The first-order valence-electron chi connectivity index (χ1n) is 12.2. The van der Waals surface area contributed by atoms with Gasteiger partial charge in [0.15, 0.2) is 0 Å². The molecule has 0 spiro atoms. The van der Waals surface area contributed by atoms with E-state index in [-0.39, 0.29) is 17.8 Å². The summed E-state index contributed by atoms with van der Waals surface area (Å²) < 4.78 is 20.0. The third-order valence-corrected chi connectivity index (χ3v) is 7.04. The zero-order valence-electron chi connectivity index (χ0n) is 19.8. The summed E-state index contributed by atoms with van der Waals surface area (Å²) in [5, 5.41) is 10.4. The van der Waals surface area contributed by atoms with Gasteiger partial charge in [-0.05, 0) is 87.4 Å². The van der Waals surface area contributed by atoms with Gasteiger partial charge in [0.05, 0.1) is 24.7 Å². The van der Waals surface area contributed by atoms with Crippen molar-refractivity contribution in [2.24, 2.45) is 5.92 Å². The Morgan fingerprint density at radius 2 is 2.00 bits per heavy atom. The van der Waals surface area contributed by atoms with Gasteiger partial charge in [-0.3, -0.25) is 9.78 Å². The highest BCUT2D eigenvalue weighted by molar-refractivity contribution is 5.83. The zero-order chi connectivity index (χ0) is 23.9. The van der Waals surface area contributed by atoms with E-state index in [1.165, 1.54) is 11.8 Å². The zero-order valence-corrected chi connectivity index (χ0v) is 19.8. The van der Waals surface area contributed by atoms with E-state index in [1.807, 2.05) is 24.3 Å². The number of nitrogens with zero attached hydrogens (tertiary/aromatic N) is 2. The van der Waals surface area contributed by atoms with Crippen LogP contribution in [0.15, 0.2) is 54.7 Å². The number of aromatic nitrogens is 1. The number of pyridine rings is 1. The molecule has 0 saturated carbocycles. The molecule has 2 atom stereocenters. The summed E-state index contributed by atoms with van der Waals surface area (Å²) in [4.78, 5) is 18.3. The predicted octanol–water partition coefficient (Wildman–Crippen LogP) is 5.50. The lowest BCUT2D eigenvalue weighted by atomic mass is 9.87. The summed E-state index contributed by atoms with van der Waals surface area (Å²) in [6.45, 7) is 1.76. The van der Waals surface area contributed by atoms with Crippen LogP contribution in [0.3, 0.4) is 0 Å². The number of methoxy groups -OCH3 is 1. The largest absolute Gasteiger partial charge is 0.497 e. The molecular weight excluding hydrogens is 431 g/mol. The Morgan fingerprint density at radius 1 is 1.18 bits per heavy atom. The maximum atomic E-state index is 14.7. The molecule has 34 heavy (non-hydrogen) atoms. The van der Waals surface area contributed by atoms with Crippen LogP contribution in [0.2, 0.25) is 0 Å². The number of fused-ring (bicyclic) bond motifs is 1. The molecule has 0 aliphatic carbocycles. The van der Waals surface area contributed by atoms with Crippen LogP contribution in [-0.2, 0) is 17.6 Å². The molecule has 6 heteroatoms. The lowest BCUT2D eigenvalue weighted by molar-refractivity contribution is -0.144. The van der Waals surface area contributed by atoms with Crippen LogP contribution < -0.4 is 4.74 Å². The van der Waals surface area contributed by atoms with Crippen molar-refractivity contribution in [2.75, 3.05) is 20.2 Å². The average Bonchev–Trinajstić information content (AvgIpc) is 2.86. The minimum atomic E-state index is -0.702. The number of likely N-dealkylation sites (tertiary alicyclic amines) is 1. The second-order valence-corrected chi connectivity index (χ2v) is 9.20. The Morgan fingerprint density at radius 3 is 2.76 bits per heavy atom. The van der Waals surface area contributed by atoms with Crippen LogP contribution in [0.1, 0.15) is 43.2 Å². The van der Waals surface area contributed by atoms with Crippen molar-refractivity contribution in [3.05, 3.63) is 71.7 Å². The molecule has 1 aliphatic heterocycles. The van der Waals surface area contributed by atoms with Crippen LogP contribution in [0.5, 0.6) is 5.75 Å². The van der Waals surface area contributed by atoms with Gasteiger partial charge in [-0.1, -0.05) is 30.3 Å². The first-order chi connectivity index (χ1) is 16.5. The topological polar surface area (TPSA) is 62.7 Å². The number of halogens is 1. The molecule has 4 rings (SSSR count). The first kappa shape index (κ1) is 24.1. The lowest BCUT2D eigenvalue weighted by Crippen LogP contribution is -2.44. The smallest absolute Gasteiger partial charge is 0.306 e. The number of carboxylic acids is 1. The minimum Gasteiger partial charge on any atom is -0.497 e. The van der Waals surface area contributed by atoms with E-state index in [0.29, 0.717) is 30.6 Å². The molecule has 0 radical (unpaired) electrons. The molecule has 1 aliphatic rings. The summed E-state index contributed by atoms with van der Waals surface area (Å²) in [5.74, 6) is -0.611. The highest BCUT2D eigenvalue weighted by atomic mass is 19.1. The molecule has 2 heterocycles. The number of carbonyl (C=O) groups is 1. The number of hydrogen-bond acceptors (Lipinski definition) is 4. The maximum absolute atomic E-state index is 14.7. The Bertz CT molecular complexity index is 1110. The van der Waals surface area contributed by atoms with Crippen molar-refractivity contribution >= 4 is 16.9 Å². The average molecular weight is 465 g/mol. The van der Waals surface area contributed by atoms with Gasteiger partial charge in [0.25, 0.3) is 0 Å². The third-order valence-electron chi connectivity index (χ3n) is 7.04. The summed E-state index contributed by atoms with van der Waals surface area (Å²) in [7, 11) is 1.60. The molecule has 3 aromatic rings. The van der Waals surface area contributed by atoms with Crippen molar-refractivity contribution in [1.29, 1.82) is 0 Å². The van der Waals surface area contributed by atoms with Gasteiger partial charge in [-0.15, -0.1) is 0 Å². The molecule has 5 nitrogen and oxygen atoms in total. The van der Waals surface area contributed by atoms with Gasteiger partial charge in [0, 0.05) is 11.4 Å². The second-order valence-electron chi connectivity index (χ2n) is 9.20. The number of hydrogen-bond donors (Lipinski definition) is 1. The molecular formula is C28H33FN2O3. The van der Waals surface area contributed by atoms with E-state index in [9.17, 15) is 14.3 Å². The molecule has 2 unspecified atom stereocenters. The Balaban J connectivity index is 1.41. The minimum absolute atomic E-state index is 0.205. The monoisotopic (exact) mass is 464 g/mol. The van der Waals surface area contributed by atoms with E-state index >= 15 is 0 Å². The number of aliphatic carboxylic acids is 1. The third kappa shape index (κ3) is 5.92. The number of piperidine rings is 1. The Kier molecular flexibility index (Phi) is 8.12. The summed E-state index contributed by atoms with van der Waals surface area (Å²) in [5.41, 5.74) is 2.74. The molecule has 2 aromatic carbocycles. The Labute approximate surface area is 200 Å². The number of ether oxygens (including phenoxy) is 1. The molecule has 0 amide bonds. The first-order valence-corrected chi connectivity index (χ1v) is 12.2. The molecule has 180 valence electrons. The number of carboxylic acid groups (broad SMARTS) is 1. The van der Waals surface area contributed by atoms with Gasteiger partial charge in [0.2, 0.25) is 0 Å². The predicted molar refractivity (Wildman–Crippen MR) is 132 cm³/mol. The number of rotatable bonds is 10. The van der Waals surface area contributed by atoms with Crippen molar-refractivity contribution < 1.29 is 19.0 Å².